The summed E-state index contributed by atoms with van der Waals surface area (Å²) in [6, 6.07) is 11.0. The van der Waals surface area contributed by atoms with Crippen LogP contribution in [0, 0.1) is 11.7 Å². The maximum atomic E-state index is 14.4. The summed E-state index contributed by atoms with van der Waals surface area (Å²) >= 11 is 0. The molecule has 1 aromatic heterocycles. The fourth-order valence-electron chi connectivity index (χ4n) is 3.77. The SMILES string of the molecule is C1CC1.COc1ccc(F)c(-c2ccc(C3COc4ccc(CC(C)C(=O)O)cc4O3)c(C(F)(F)F)n2)c1. The fraction of sp³-hybridized carbons (Fsp3) is 0.357. The summed E-state index contributed by atoms with van der Waals surface area (Å²) in [5.41, 5.74) is -1.19. The molecule has 6 nitrogen and oxygen atoms in total. The molecule has 0 amide bonds. The molecule has 0 radical (unpaired) electrons. The van der Waals surface area contributed by atoms with Crippen LogP contribution < -0.4 is 14.2 Å². The molecular formula is C28H27F4NO5. The number of carbonyl (C=O) groups is 1. The molecule has 0 spiro atoms. The first-order chi connectivity index (χ1) is 18.1. The van der Waals surface area contributed by atoms with Gasteiger partial charge in [0.15, 0.2) is 23.3 Å². The Labute approximate surface area is 217 Å². The van der Waals surface area contributed by atoms with Crippen LogP contribution in [0.25, 0.3) is 11.3 Å². The Hall–Kier alpha value is -3.82. The lowest BCUT2D eigenvalue weighted by Gasteiger charge is -2.28. The molecule has 1 aliphatic heterocycles. The normalized spacial score (nSPS) is 16.6. The van der Waals surface area contributed by atoms with Crippen molar-refractivity contribution >= 4 is 5.97 Å². The number of alkyl halides is 3. The summed E-state index contributed by atoms with van der Waals surface area (Å²) in [7, 11) is 1.36. The monoisotopic (exact) mass is 533 g/mol. The van der Waals surface area contributed by atoms with Gasteiger partial charge in [-0.15, -0.1) is 0 Å². The van der Waals surface area contributed by atoms with Gasteiger partial charge in [0.2, 0.25) is 0 Å². The number of aromatic nitrogens is 1. The number of benzene rings is 2. The molecule has 1 saturated carbocycles. The lowest BCUT2D eigenvalue weighted by Crippen LogP contribution is -2.25. The molecule has 3 aromatic rings. The highest BCUT2D eigenvalue weighted by Crippen LogP contribution is 2.42. The molecule has 2 aliphatic rings. The molecule has 5 rings (SSSR count). The predicted octanol–water partition coefficient (Wildman–Crippen LogP) is 6.86. The third kappa shape index (κ3) is 6.54. The van der Waals surface area contributed by atoms with Crippen molar-refractivity contribution in [3.05, 3.63) is 71.2 Å². The third-order valence-electron chi connectivity index (χ3n) is 5.98. The van der Waals surface area contributed by atoms with Crippen molar-refractivity contribution in [2.24, 2.45) is 5.92 Å². The molecule has 38 heavy (non-hydrogen) atoms. The molecule has 1 N–H and O–H groups in total. The number of methoxy groups -OCH3 is 1. The lowest BCUT2D eigenvalue weighted by atomic mass is 10.00. The van der Waals surface area contributed by atoms with E-state index < -0.39 is 35.7 Å². The number of hydrogen-bond donors (Lipinski definition) is 1. The van der Waals surface area contributed by atoms with Crippen molar-refractivity contribution in [3.8, 4) is 28.5 Å². The molecule has 1 fully saturated rings. The van der Waals surface area contributed by atoms with Gasteiger partial charge in [-0.1, -0.05) is 38.3 Å². The zero-order valence-electron chi connectivity index (χ0n) is 20.8. The van der Waals surface area contributed by atoms with E-state index in [0.29, 0.717) is 11.3 Å². The summed E-state index contributed by atoms with van der Waals surface area (Å²) < 4.78 is 72.8. The molecular weight excluding hydrogens is 506 g/mol. The number of rotatable bonds is 6. The summed E-state index contributed by atoms with van der Waals surface area (Å²) in [5.74, 6) is -1.55. The number of ether oxygens (including phenoxy) is 3. The Kier molecular flexibility index (Phi) is 8.08. The van der Waals surface area contributed by atoms with E-state index >= 15 is 0 Å². The maximum absolute atomic E-state index is 14.4. The zero-order valence-corrected chi connectivity index (χ0v) is 20.8. The summed E-state index contributed by atoms with van der Waals surface area (Å²) in [4.78, 5) is 14.9. The van der Waals surface area contributed by atoms with Crippen molar-refractivity contribution in [3.63, 3.8) is 0 Å². The Balaban J connectivity index is 0.00000105. The van der Waals surface area contributed by atoms with Crippen LogP contribution in [0.4, 0.5) is 17.6 Å². The van der Waals surface area contributed by atoms with Crippen molar-refractivity contribution in [2.45, 2.75) is 44.9 Å². The van der Waals surface area contributed by atoms with Crippen LogP contribution in [0.15, 0.2) is 48.5 Å². The average molecular weight is 534 g/mol. The second kappa shape index (κ2) is 11.3. The third-order valence-corrected chi connectivity index (χ3v) is 5.98. The molecule has 2 unspecified atom stereocenters. The first kappa shape index (κ1) is 27.2. The van der Waals surface area contributed by atoms with Crippen molar-refractivity contribution in [1.29, 1.82) is 0 Å². The van der Waals surface area contributed by atoms with Crippen LogP contribution in [0.2, 0.25) is 0 Å². The maximum Gasteiger partial charge on any atom is 0.433 e. The van der Waals surface area contributed by atoms with Gasteiger partial charge in [-0.3, -0.25) is 4.79 Å². The minimum atomic E-state index is -4.84. The van der Waals surface area contributed by atoms with Gasteiger partial charge >= 0.3 is 12.1 Å². The number of pyridine rings is 1. The minimum absolute atomic E-state index is 0.134. The van der Waals surface area contributed by atoms with Gasteiger partial charge in [-0.25, -0.2) is 9.37 Å². The van der Waals surface area contributed by atoms with E-state index in [1.54, 1.807) is 25.1 Å². The van der Waals surface area contributed by atoms with Crippen LogP contribution in [0.3, 0.4) is 0 Å². The topological polar surface area (TPSA) is 77.9 Å². The minimum Gasteiger partial charge on any atom is -0.497 e. The van der Waals surface area contributed by atoms with Crippen LogP contribution in [-0.2, 0) is 17.4 Å². The predicted molar refractivity (Wildman–Crippen MR) is 131 cm³/mol. The van der Waals surface area contributed by atoms with Gasteiger partial charge in [0.25, 0.3) is 0 Å². The largest absolute Gasteiger partial charge is 0.497 e. The van der Waals surface area contributed by atoms with Crippen molar-refractivity contribution < 1.29 is 41.7 Å². The number of aliphatic carboxylic acids is 1. The number of nitrogens with zero attached hydrogens (tertiary/aromatic N) is 1. The van der Waals surface area contributed by atoms with Crippen molar-refractivity contribution in [1.82, 2.24) is 4.98 Å². The Bertz CT molecular complexity index is 1310. The quantitative estimate of drug-likeness (QED) is 0.349. The van der Waals surface area contributed by atoms with Crippen LogP contribution >= 0.6 is 0 Å². The standard InChI is InChI=1S/C25H21F4NO5.C3H6/c1-13(24(31)32)9-14-3-8-20-21(10-14)35-22(12-34-20)16-5-7-19(30-23(16)25(27,28)29)17-11-15(33-2)4-6-18(17)26;1-2-3-1/h3-8,10-11,13,22H,9,12H2,1-2H3,(H,31,32);1-3H2. The Morgan fingerprint density at radius 2 is 1.84 bits per heavy atom. The van der Waals surface area contributed by atoms with Crippen LogP contribution in [0.5, 0.6) is 17.2 Å². The summed E-state index contributed by atoms with van der Waals surface area (Å²) in [6.07, 6.45) is -1.27. The van der Waals surface area contributed by atoms with Gasteiger partial charge in [0.05, 0.1) is 18.7 Å². The summed E-state index contributed by atoms with van der Waals surface area (Å²) in [6.45, 7) is 1.35. The highest BCUT2D eigenvalue weighted by molar-refractivity contribution is 5.70. The fourth-order valence-corrected chi connectivity index (χ4v) is 3.77. The highest BCUT2D eigenvalue weighted by atomic mass is 19.4. The summed E-state index contributed by atoms with van der Waals surface area (Å²) in [5, 5.41) is 9.13. The molecule has 0 saturated heterocycles. The van der Waals surface area contributed by atoms with E-state index in [1.807, 2.05) is 0 Å². The van der Waals surface area contributed by atoms with Gasteiger partial charge in [-0.05, 0) is 48.4 Å². The second-order valence-electron chi connectivity index (χ2n) is 9.18. The molecule has 2 atom stereocenters. The van der Waals surface area contributed by atoms with E-state index in [0.717, 1.165) is 6.07 Å². The molecule has 1 aliphatic carbocycles. The van der Waals surface area contributed by atoms with E-state index in [9.17, 15) is 22.4 Å². The zero-order chi connectivity index (χ0) is 27.4. The lowest BCUT2D eigenvalue weighted by molar-refractivity contribution is -0.143. The smallest absolute Gasteiger partial charge is 0.433 e. The first-order valence-corrected chi connectivity index (χ1v) is 12.1. The second-order valence-corrected chi connectivity index (χ2v) is 9.18. The molecule has 2 aromatic carbocycles. The van der Waals surface area contributed by atoms with Crippen molar-refractivity contribution in [2.75, 3.05) is 13.7 Å². The van der Waals surface area contributed by atoms with Gasteiger partial charge in [0.1, 0.15) is 18.2 Å². The Morgan fingerprint density at radius 1 is 1.11 bits per heavy atom. The van der Waals surface area contributed by atoms with E-state index in [4.69, 9.17) is 19.3 Å². The van der Waals surface area contributed by atoms with Gasteiger partial charge in [0, 0.05) is 11.1 Å². The highest BCUT2D eigenvalue weighted by Gasteiger charge is 2.39. The van der Waals surface area contributed by atoms with Crippen LogP contribution in [0.1, 0.15) is 49.1 Å². The van der Waals surface area contributed by atoms with Crippen LogP contribution in [-0.4, -0.2) is 29.8 Å². The Morgan fingerprint density at radius 3 is 2.47 bits per heavy atom. The van der Waals surface area contributed by atoms with E-state index in [1.165, 1.54) is 50.6 Å². The molecule has 10 heteroatoms. The number of halogens is 4. The first-order valence-electron chi connectivity index (χ1n) is 12.1. The number of fused-ring (bicyclic) bond motifs is 1. The van der Waals surface area contributed by atoms with Gasteiger partial charge < -0.3 is 19.3 Å². The number of carboxylic acids is 1. The van der Waals surface area contributed by atoms with E-state index in [-0.39, 0.29) is 41.3 Å². The number of hydrogen-bond acceptors (Lipinski definition) is 5. The van der Waals surface area contributed by atoms with Gasteiger partial charge in [-0.2, -0.15) is 13.2 Å². The molecule has 2 heterocycles. The molecule has 202 valence electrons. The number of carboxylic acid groups (broad SMARTS) is 1. The average Bonchev–Trinajstić information content (AvgIpc) is 3.77. The van der Waals surface area contributed by atoms with E-state index in [2.05, 4.69) is 4.98 Å². The molecule has 0 bridgehead atoms.